The maximum absolute atomic E-state index is 11.8. The smallest absolute Gasteiger partial charge is 0.549 e. The van der Waals surface area contributed by atoms with E-state index >= 15 is 0 Å². The van der Waals surface area contributed by atoms with E-state index < -0.39 is 5.97 Å². The van der Waals surface area contributed by atoms with Crippen LogP contribution in [0.4, 0.5) is 0 Å². The number of hydroxylamine groups is 2. The van der Waals surface area contributed by atoms with Crippen molar-refractivity contribution in [2.75, 3.05) is 20.1 Å². The van der Waals surface area contributed by atoms with Crippen LogP contribution in [0.1, 0.15) is 46.4 Å². The molecule has 0 aliphatic carbocycles. The van der Waals surface area contributed by atoms with Crippen molar-refractivity contribution in [1.82, 2.24) is 25.1 Å². The first kappa shape index (κ1) is 28.2. The molecule has 1 aliphatic heterocycles. The summed E-state index contributed by atoms with van der Waals surface area (Å²) in [5.74, 6) is -0.834. The van der Waals surface area contributed by atoms with Gasteiger partial charge in [0.05, 0.1) is 12.0 Å². The number of carboxylic acid groups (broad SMARTS) is 1. The van der Waals surface area contributed by atoms with E-state index in [1.165, 1.54) is 25.4 Å². The molecule has 0 saturated carbocycles. The van der Waals surface area contributed by atoms with Crippen LogP contribution in [-0.4, -0.2) is 69.2 Å². The van der Waals surface area contributed by atoms with Gasteiger partial charge in [-0.15, -0.1) is 0 Å². The maximum Gasteiger partial charge on any atom is 1.00 e. The first-order valence-electron chi connectivity index (χ1n) is 8.76. The van der Waals surface area contributed by atoms with Crippen molar-refractivity contribution in [1.29, 1.82) is 0 Å². The zero-order valence-corrected chi connectivity index (χ0v) is 19.3. The molecule has 1 unspecified atom stereocenters. The molecule has 1 fully saturated rings. The van der Waals surface area contributed by atoms with Crippen LogP contribution in [0.25, 0.3) is 0 Å². The number of nitrogens with one attached hydrogen (secondary N) is 1. The number of hydrogen-bond acceptors (Lipinski definition) is 8. The van der Waals surface area contributed by atoms with Gasteiger partial charge in [-0.3, -0.25) is 19.6 Å². The van der Waals surface area contributed by atoms with Crippen molar-refractivity contribution < 1.29 is 49.1 Å². The number of aromatic amines is 1. The Hall–Kier alpha value is -1.04. The third-order valence-corrected chi connectivity index (χ3v) is 3.77. The number of carboxylic acids is 1. The molecular formula is C16H31N6NaO4. The summed E-state index contributed by atoms with van der Waals surface area (Å²) >= 11 is 0. The van der Waals surface area contributed by atoms with E-state index in [0.717, 1.165) is 12.8 Å². The predicted octanol–water partition coefficient (Wildman–Crippen LogP) is -3.71. The van der Waals surface area contributed by atoms with Crippen molar-refractivity contribution in [2.24, 2.45) is 5.73 Å². The molecule has 1 aliphatic rings. The average Bonchev–Trinajstić information content (AvgIpc) is 3.14. The first-order valence-corrected chi connectivity index (χ1v) is 8.76. The van der Waals surface area contributed by atoms with E-state index in [0.29, 0.717) is 12.4 Å². The quantitative estimate of drug-likeness (QED) is 0.371. The van der Waals surface area contributed by atoms with Gasteiger partial charge in [-0.2, -0.15) is 5.10 Å². The summed E-state index contributed by atoms with van der Waals surface area (Å²) in [5.41, 5.74) is 4.50. The molecule has 0 spiro atoms. The SMILES string of the molecule is CC.CC(=O)N(OCc1ncn[nH]1)C1CC[C@@H](C)N(CC(=O)[O-])C1.CN.[Na+]. The predicted molar refractivity (Wildman–Crippen MR) is 94.2 cm³/mol. The number of carbonyl (C=O) groups excluding carboxylic acids is 2. The van der Waals surface area contributed by atoms with Gasteiger partial charge in [-0.25, -0.2) is 10.0 Å². The van der Waals surface area contributed by atoms with Gasteiger partial charge >= 0.3 is 29.6 Å². The van der Waals surface area contributed by atoms with E-state index in [-0.39, 0.29) is 60.7 Å². The van der Waals surface area contributed by atoms with Gasteiger partial charge in [0.1, 0.15) is 12.9 Å². The third-order valence-electron chi connectivity index (χ3n) is 3.77. The average molecular weight is 394 g/mol. The molecule has 0 bridgehead atoms. The Kier molecular flexibility index (Phi) is 16.7. The van der Waals surface area contributed by atoms with E-state index in [1.807, 2.05) is 20.8 Å². The molecule has 1 aromatic heterocycles. The standard InChI is InChI=1S/C13H21N5O4.C2H6.CH5N.Na/c1-9-3-4-11(5-17(9)6-13(20)21)18(10(2)19)22-7-12-14-8-15-16-12;2*1-2;/h8-9,11H,3-7H2,1-2H3,(H,20,21)(H,14,15,16);1-2H3;2H2,1H3;/q;;;+1/p-1/t9-,11?;;;/m1.../s1. The van der Waals surface area contributed by atoms with E-state index in [4.69, 9.17) is 4.84 Å². The summed E-state index contributed by atoms with van der Waals surface area (Å²) in [4.78, 5) is 33.9. The maximum atomic E-state index is 11.8. The van der Waals surface area contributed by atoms with E-state index in [2.05, 4.69) is 20.9 Å². The minimum absolute atomic E-state index is 0. The van der Waals surface area contributed by atoms with Gasteiger partial charge in [0.2, 0.25) is 5.91 Å². The number of carbonyl (C=O) groups is 2. The van der Waals surface area contributed by atoms with Crippen molar-refractivity contribution in [3.63, 3.8) is 0 Å². The molecule has 0 radical (unpaired) electrons. The van der Waals surface area contributed by atoms with E-state index in [9.17, 15) is 14.7 Å². The molecule has 2 rings (SSSR count). The number of rotatable bonds is 6. The first-order chi connectivity index (χ1) is 12.5. The second-order valence-corrected chi connectivity index (χ2v) is 5.43. The van der Waals surface area contributed by atoms with Gasteiger partial charge < -0.3 is 15.6 Å². The van der Waals surface area contributed by atoms with Gasteiger partial charge in [0.15, 0.2) is 5.82 Å². The number of likely N-dealkylation sites (tertiary alicyclic amines) is 1. The van der Waals surface area contributed by atoms with Crippen LogP contribution in [0.5, 0.6) is 0 Å². The van der Waals surface area contributed by atoms with Crippen LogP contribution in [0.2, 0.25) is 0 Å². The van der Waals surface area contributed by atoms with Crippen molar-refractivity contribution in [3.8, 4) is 0 Å². The molecule has 10 nitrogen and oxygen atoms in total. The second-order valence-electron chi connectivity index (χ2n) is 5.43. The molecule has 1 aromatic rings. The Morgan fingerprint density at radius 2 is 2.04 bits per heavy atom. The van der Waals surface area contributed by atoms with Gasteiger partial charge in [-0.05, 0) is 26.8 Å². The van der Waals surface area contributed by atoms with Gasteiger partial charge in [0, 0.05) is 26.1 Å². The van der Waals surface area contributed by atoms with Crippen LogP contribution in [-0.2, 0) is 21.0 Å². The Balaban J connectivity index is 0. The molecule has 150 valence electrons. The van der Waals surface area contributed by atoms with Gasteiger partial charge in [-0.1, -0.05) is 13.8 Å². The summed E-state index contributed by atoms with van der Waals surface area (Å²) in [7, 11) is 1.50. The summed E-state index contributed by atoms with van der Waals surface area (Å²) in [6.45, 7) is 7.77. The van der Waals surface area contributed by atoms with Crippen LogP contribution in [0, 0.1) is 0 Å². The fraction of sp³-hybridized carbons (Fsp3) is 0.750. The number of H-pyrrole nitrogens is 1. The van der Waals surface area contributed by atoms with Crippen LogP contribution < -0.4 is 40.4 Å². The van der Waals surface area contributed by atoms with Gasteiger partial charge in [0.25, 0.3) is 0 Å². The molecular weight excluding hydrogens is 363 g/mol. The summed E-state index contributed by atoms with van der Waals surface area (Å²) in [6, 6.07) is -0.0618. The number of nitrogens with zero attached hydrogens (tertiary/aromatic N) is 4. The van der Waals surface area contributed by atoms with Crippen molar-refractivity contribution in [2.45, 2.75) is 59.2 Å². The molecule has 2 heterocycles. The molecule has 27 heavy (non-hydrogen) atoms. The minimum Gasteiger partial charge on any atom is -0.549 e. The minimum atomic E-state index is -1.12. The number of aliphatic carboxylic acids is 1. The fourth-order valence-electron chi connectivity index (χ4n) is 2.62. The molecule has 1 amide bonds. The topological polar surface area (TPSA) is 141 Å². The number of amides is 1. The molecule has 0 aromatic carbocycles. The van der Waals surface area contributed by atoms with Crippen LogP contribution >= 0.6 is 0 Å². The Bertz CT molecular complexity index is 517. The Labute approximate surface area is 183 Å². The summed E-state index contributed by atoms with van der Waals surface area (Å²) in [5, 5.41) is 18.5. The Morgan fingerprint density at radius 3 is 2.52 bits per heavy atom. The Morgan fingerprint density at radius 1 is 1.41 bits per heavy atom. The molecule has 1 saturated heterocycles. The summed E-state index contributed by atoms with van der Waals surface area (Å²) < 4.78 is 0. The number of hydrogen-bond donors (Lipinski definition) is 2. The third kappa shape index (κ3) is 10.2. The second kappa shape index (κ2) is 16.0. The van der Waals surface area contributed by atoms with E-state index in [1.54, 1.807) is 4.90 Å². The van der Waals surface area contributed by atoms with Crippen LogP contribution in [0.3, 0.4) is 0 Å². The molecule has 11 heteroatoms. The summed E-state index contributed by atoms with van der Waals surface area (Å²) in [6.07, 6.45) is 2.90. The van der Waals surface area contributed by atoms with Crippen LogP contribution in [0.15, 0.2) is 6.33 Å². The fourth-order valence-corrected chi connectivity index (χ4v) is 2.62. The zero-order valence-electron chi connectivity index (χ0n) is 17.3. The molecule has 3 N–H and O–H groups in total. The number of piperidine rings is 1. The number of nitrogens with two attached hydrogens (primary N) is 1. The monoisotopic (exact) mass is 394 g/mol. The van der Waals surface area contributed by atoms with Crippen molar-refractivity contribution in [3.05, 3.63) is 12.2 Å². The normalized spacial score (nSPS) is 18.7. The van der Waals surface area contributed by atoms with Crippen molar-refractivity contribution >= 4 is 11.9 Å². The molecule has 2 atom stereocenters. The number of aromatic nitrogens is 3. The zero-order chi connectivity index (χ0) is 20.1. The largest absolute Gasteiger partial charge is 1.00 e.